The van der Waals surface area contributed by atoms with Crippen molar-refractivity contribution in [2.75, 3.05) is 19.0 Å². The van der Waals surface area contributed by atoms with Gasteiger partial charge in [0.1, 0.15) is 11.8 Å². The van der Waals surface area contributed by atoms with Crippen LogP contribution in [0.4, 0.5) is 5.13 Å². The van der Waals surface area contributed by atoms with Gasteiger partial charge in [-0.05, 0) is 61.4 Å². The number of anilines is 1. The average molecular weight is 492 g/mol. The summed E-state index contributed by atoms with van der Waals surface area (Å²) in [6, 6.07) is 12.7. The largest absolute Gasteiger partial charge is 0.497 e. The van der Waals surface area contributed by atoms with Gasteiger partial charge >= 0.3 is 0 Å². The molecule has 1 fully saturated rings. The molecule has 1 aromatic heterocycles. The fourth-order valence-electron chi connectivity index (χ4n) is 3.61. The maximum atomic E-state index is 13.2. The highest BCUT2D eigenvalue weighted by atomic mass is 35.5. The fourth-order valence-corrected chi connectivity index (χ4v) is 6.12. The number of amides is 1. The van der Waals surface area contributed by atoms with Crippen LogP contribution in [0.5, 0.6) is 5.75 Å². The third-order valence-electron chi connectivity index (χ3n) is 5.30. The lowest BCUT2D eigenvalue weighted by molar-refractivity contribution is -0.120. The molecule has 10 heteroatoms. The molecule has 1 atom stereocenters. The molecule has 32 heavy (non-hydrogen) atoms. The molecule has 1 amide bonds. The molecule has 0 unspecified atom stereocenters. The Morgan fingerprint density at radius 2 is 1.88 bits per heavy atom. The van der Waals surface area contributed by atoms with E-state index in [2.05, 4.69) is 10.3 Å². The smallest absolute Gasteiger partial charge is 0.244 e. The summed E-state index contributed by atoms with van der Waals surface area (Å²) in [6.07, 6.45) is 1.94. The number of aromatic nitrogens is 1. The highest BCUT2D eigenvalue weighted by Gasteiger charge is 2.37. The normalized spacial score (nSPS) is 17.1. The number of sulfonamides is 1. The van der Waals surface area contributed by atoms with Gasteiger partial charge in [0.15, 0.2) is 5.13 Å². The first-order valence-electron chi connectivity index (χ1n) is 10.1. The van der Waals surface area contributed by atoms with Crippen LogP contribution in [0, 0.1) is 0 Å². The van der Waals surface area contributed by atoms with Gasteiger partial charge < -0.3 is 10.1 Å². The number of ether oxygens (including phenoxy) is 1. The summed E-state index contributed by atoms with van der Waals surface area (Å²) >= 11 is 7.19. The van der Waals surface area contributed by atoms with Crippen LogP contribution in [0.2, 0.25) is 5.02 Å². The van der Waals surface area contributed by atoms with Gasteiger partial charge in [0, 0.05) is 22.5 Å². The SMILES string of the molecule is COc1ccc(-c2csc(NC(=O)[C@H]3CCCCN3S(=O)(=O)c3ccc(Cl)cc3)n2)cc1. The maximum absolute atomic E-state index is 13.2. The summed E-state index contributed by atoms with van der Waals surface area (Å²) < 4.78 is 32.8. The van der Waals surface area contributed by atoms with Gasteiger partial charge in [0.05, 0.1) is 17.7 Å². The highest BCUT2D eigenvalue weighted by molar-refractivity contribution is 7.89. The van der Waals surface area contributed by atoms with E-state index in [4.69, 9.17) is 16.3 Å². The minimum absolute atomic E-state index is 0.123. The molecule has 3 aromatic rings. The molecule has 168 valence electrons. The topological polar surface area (TPSA) is 88.6 Å². The second-order valence-electron chi connectivity index (χ2n) is 7.34. The second-order valence-corrected chi connectivity index (χ2v) is 10.5. The Kier molecular flexibility index (Phi) is 6.80. The number of benzene rings is 2. The van der Waals surface area contributed by atoms with E-state index in [0.717, 1.165) is 23.4 Å². The van der Waals surface area contributed by atoms with E-state index >= 15 is 0 Å². The summed E-state index contributed by atoms with van der Waals surface area (Å²) in [5.41, 5.74) is 1.62. The molecule has 1 aliphatic heterocycles. The van der Waals surface area contributed by atoms with Crippen LogP contribution >= 0.6 is 22.9 Å². The molecular weight excluding hydrogens is 470 g/mol. The Balaban J connectivity index is 1.51. The fraction of sp³-hybridized carbons (Fsp3) is 0.273. The number of nitrogens with one attached hydrogen (secondary N) is 1. The van der Waals surface area contributed by atoms with E-state index in [1.54, 1.807) is 7.11 Å². The number of hydrogen-bond donors (Lipinski definition) is 1. The molecule has 1 aliphatic rings. The lowest BCUT2D eigenvalue weighted by atomic mass is 10.0. The quantitative estimate of drug-likeness (QED) is 0.542. The Morgan fingerprint density at radius 3 is 2.56 bits per heavy atom. The van der Waals surface area contributed by atoms with Crippen molar-refractivity contribution in [1.82, 2.24) is 9.29 Å². The van der Waals surface area contributed by atoms with Gasteiger partial charge in [-0.1, -0.05) is 18.0 Å². The van der Waals surface area contributed by atoms with Gasteiger partial charge in [-0.25, -0.2) is 13.4 Å². The summed E-state index contributed by atoms with van der Waals surface area (Å²) in [5, 5.41) is 5.53. The zero-order valence-corrected chi connectivity index (χ0v) is 19.7. The van der Waals surface area contributed by atoms with Gasteiger partial charge in [0.2, 0.25) is 15.9 Å². The summed E-state index contributed by atoms with van der Waals surface area (Å²) in [4.78, 5) is 17.7. The molecule has 2 aromatic carbocycles. The number of rotatable bonds is 6. The number of piperidine rings is 1. The van der Waals surface area contributed by atoms with Crippen LogP contribution in [0.25, 0.3) is 11.3 Å². The van der Waals surface area contributed by atoms with Gasteiger partial charge in [-0.15, -0.1) is 11.3 Å². The van der Waals surface area contributed by atoms with E-state index in [0.29, 0.717) is 23.0 Å². The van der Waals surface area contributed by atoms with E-state index in [1.165, 1.54) is 39.9 Å². The zero-order chi connectivity index (χ0) is 22.7. The number of methoxy groups -OCH3 is 1. The zero-order valence-electron chi connectivity index (χ0n) is 17.3. The number of thiazole rings is 1. The Bertz CT molecular complexity index is 1190. The first-order valence-corrected chi connectivity index (χ1v) is 12.8. The summed E-state index contributed by atoms with van der Waals surface area (Å²) in [7, 11) is -2.22. The van der Waals surface area contributed by atoms with Crippen molar-refractivity contribution in [3.63, 3.8) is 0 Å². The number of carbonyl (C=O) groups excluding carboxylic acids is 1. The molecule has 1 saturated heterocycles. The number of carbonyl (C=O) groups is 1. The van der Waals surface area contributed by atoms with Crippen LogP contribution in [0.3, 0.4) is 0 Å². The minimum atomic E-state index is -3.82. The number of halogens is 1. The monoisotopic (exact) mass is 491 g/mol. The van der Waals surface area contributed by atoms with Crippen molar-refractivity contribution < 1.29 is 17.9 Å². The molecular formula is C22H22ClN3O4S2. The lowest BCUT2D eigenvalue weighted by Gasteiger charge is -2.33. The Hall–Kier alpha value is -2.46. The van der Waals surface area contributed by atoms with Crippen LogP contribution < -0.4 is 10.1 Å². The van der Waals surface area contributed by atoms with Crippen molar-refractivity contribution in [1.29, 1.82) is 0 Å². The molecule has 2 heterocycles. The Morgan fingerprint density at radius 1 is 1.16 bits per heavy atom. The van der Waals surface area contributed by atoms with E-state index in [-0.39, 0.29) is 17.3 Å². The summed E-state index contributed by atoms with van der Waals surface area (Å²) in [5.74, 6) is 0.370. The molecule has 0 spiro atoms. The molecule has 7 nitrogen and oxygen atoms in total. The first kappa shape index (κ1) is 22.7. The standard InChI is InChI=1S/C22H22ClN3O4S2/c1-30-17-9-5-15(6-10-17)19-14-31-22(24-19)25-21(27)20-4-2-3-13-26(20)32(28,29)18-11-7-16(23)8-12-18/h5-12,14,20H,2-4,13H2,1H3,(H,24,25,27)/t20-/m1/s1. The maximum Gasteiger partial charge on any atom is 0.244 e. The number of nitrogens with zero attached hydrogens (tertiary/aromatic N) is 2. The van der Waals surface area contributed by atoms with Gasteiger partial charge in [-0.2, -0.15) is 4.31 Å². The second kappa shape index (κ2) is 9.58. The van der Waals surface area contributed by atoms with Gasteiger partial charge in [-0.3, -0.25) is 4.79 Å². The predicted octanol–water partition coefficient (Wildman–Crippen LogP) is 4.65. The third-order valence-corrected chi connectivity index (χ3v) is 8.23. The lowest BCUT2D eigenvalue weighted by Crippen LogP contribution is -2.49. The van der Waals surface area contributed by atoms with Crippen molar-refractivity contribution in [3.05, 3.63) is 58.9 Å². The third kappa shape index (κ3) is 4.80. The first-order chi connectivity index (χ1) is 15.4. The van der Waals surface area contributed by atoms with Crippen LogP contribution in [0.15, 0.2) is 58.8 Å². The molecule has 1 N–H and O–H groups in total. The molecule has 0 saturated carbocycles. The van der Waals surface area contributed by atoms with Crippen molar-refractivity contribution in [3.8, 4) is 17.0 Å². The molecule has 0 radical (unpaired) electrons. The molecule has 0 bridgehead atoms. The number of hydrogen-bond acceptors (Lipinski definition) is 6. The van der Waals surface area contributed by atoms with E-state index in [9.17, 15) is 13.2 Å². The van der Waals surface area contributed by atoms with Crippen LogP contribution in [-0.4, -0.2) is 43.3 Å². The highest BCUT2D eigenvalue weighted by Crippen LogP contribution is 2.29. The predicted molar refractivity (Wildman–Crippen MR) is 126 cm³/mol. The van der Waals surface area contributed by atoms with Crippen LogP contribution in [-0.2, 0) is 14.8 Å². The van der Waals surface area contributed by atoms with Crippen molar-refractivity contribution in [2.24, 2.45) is 0 Å². The molecule has 4 rings (SSSR count). The van der Waals surface area contributed by atoms with Gasteiger partial charge in [0.25, 0.3) is 0 Å². The summed E-state index contributed by atoms with van der Waals surface area (Å²) in [6.45, 7) is 0.290. The molecule has 0 aliphatic carbocycles. The van der Waals surface area contributed by atoms with Crippen LogP contribution in [0.1, 0.15) is 19.3 Å². The Labute approximate surface area is 196 Å². The van der Waals surface area contributed by atoms with E-state index in [1.807, 2.05) is 29.6 Å². The van der Waals surface area contributed by atoms with E-state index < -0.39 is 16.1 Å². The van der Waals surface area contributed by atoms with Crippen molar-refractivity contribution >= 4 is 44.0 Å². The average Bonchev–Trinajstić information content (AvgIpc) is 3.28. The minimum Gasteiger partial charge on any atom is -0.497 e. The van der Waals surface area contributed by atoms with Crippen molar-refractivity contribution in [2.45, 2.75) is 30.2 Å².